The van der Waals surface area contributed by atoms with Crippen molar-refractivity contribution in [1.29, 1.82) is 0 Å². The standard InChI is InChI=1S/C11H21NO/c1-9-5-3-4-6-11(9)12(2)7-10-8-13-10/h9-11H,3-8H2,1-2H3. The fourth-order valence-corrected chi connectivity index (χ4v) is 2.58. The number of nitrogens with zero attached hydrogens (tertiary/aromatic N) is 1. The number of ether oxygens (including phenoxy) is 1. The van der Waals surface area contributed by atoms with Crippen LogP contribution in [0.15, 0.2) is 0 Å². The van der Waals surface area contributed by atoms with Gasteiger partial charge in [-0.3, -0.25) is 0 Å². The van der Waals surface area contributed by atoms with Gasteiger partial charge in [-0.15, -0.1) is 0 Å². The molecule has 0 aromatic carbocycles. The van der Waals surface area contributed by atoms with Gasteiger partial charge in [-0.25, -0.2) is 0 Å². The van der Waals surface area contributed by atoms with Crippen LogP contribution in [0, 0.1) is 5.92 Å². The Bertz CT molecular complexity index is 167. The van der Waals surface area contributed by atoms with Gasteiger partial charge in [0.15, 0.2) is 0 Å². The van der Waals surface area contributed by atoms with Crippen LogP contribution in [0.2, 0.25) is 0 Å². The fourth-order valence-electron chi connectivity index (χ4n) is 2.58. The van der Waals surface area contributed by atoms with Crippen LogP contribution in [0.1, 0.15) is 32.6 Å². The molecule has 0 amide bonds. The van der Waals surface area contributed by atoms with Gasteiger partial charge >= 0.3 is 0 Å². The predicted molar refractivity (Wildman–Crippen MR) is 53.8 cm³/mol. The third-order valence-electron chi connectivity index (χ3n) is 3.53. The van der Waals surface area contributed by atoms with Crippen LogP contribution >= 0.6 is 0 Å². The van der Waals surface area contributed by atoms with Gasteiger partial charge in [0.2, 0.25) is 0 Å². The molecule has 0 bridgehead atoms. The lowest BCUT2D eigenvalue weighted by Gasteiger charge is -2.36. The maximum Gasteiger partial charge on any atom is 0.0936 e. The summed E-state index contributed by atoms with van der Waals surface area (Å²) in [7, 11) is 2.26. The molecule has 2 rings (SSSR count). The van der Waals surface area contributed by atoms with Crippen molar-refractivity contribution in [2.45, 2.75) is 44.8 Å². The highest BCUT2D eigenvalue weighted by Gasteiger charge is 2.30. The zero-order valence-electron chi connectivity index (χ0n) is 8.83. The summed E-state index contributed by atoms with van der Waals surface area (Å²) >= 11 is 0. The van der Waals surface area contributed by atoms with Crippen molar-refractivity contribution in [3.8, 4) is 0 Å². The van der Waals surface area contributed by atoms with E-state index in [1.807, 2.05) is 0 Å². The van der Waals surface area contributed by atoms with Crippen molar-refractivity contribution in [2.75, 3.05) is 20.2 Å². The van der Waals surface area contributed by atoms with E-state index in [0.29, 0.717) is 6.10 Å². The first-order chi connectivity index (χ1) is 6.27. The summed E-state index contributed by atoms with van der Waals surface area (Å²) in [5.41, 5.74) is 0. The van der Waals surface area contributed by atoms with E-state index >= 15 is 0 Å². The normalized spacial score (nSPS) is 39.5. The van der Waals surface area contributed by atoms with Crippen molar-refractivity contribution in [3.63, 3.8) is 0 Å². The minimum Gasteiger partial charge on any atom is -0.372 e. The van der Waals surface area contributed by atoms with Gasteiger partial charge in [-0.05, 0) is 25.8 Å². The molecule has 3 unspecified atom stereocenters. The molecule has 2 heteroatoms. The van der Waals surface area contributed by atoms with Crippen LogP contribution in [-0.2, 0) is 4.74 Å². The lowest BCUT2D eigenvalue weighted by atomic mass is 9.85. The summed E-state index contributed by atoms with van der Waals surface area (Å²) < 4.78 is 5.26. The number of likely N-dealkylation sites (N-methyl/N-ethyl adjacent to an activating group) is 1. The van der Waals surface area contributed by atoms with Gasteiger partial charge in [0.25, 0.3) is 0 Å². The largest absolute Gasteiger partial charge is 0.372 e. The molecule has 0 aromatic rings. The summed E-state index contributed by atoms with van der Waals surface area (Å²) in [6.45, 7) is 4.54. The lowest BCUT2D eigenvalue weighted by Crippen LogP contribution is -2.40. The van der Waals surface area contributed by atoms with E-state index in [0.717, 1.165) is 25.1 Å². The van der Waals surface area contributed by atoms with Crippen LogP contribution in [0.4, 0.5) is 0 Å². The van der Waals surface area contributed by atoms with Gasteiger partial charge < -0.3 is 9.64 Å². The van der Waals surface area contributed by atoms with E-state index in [-0.39, 0.29) is 0 Å². The van der Waals surface area contributed by atoms with Gasteiger partial charge in [0.1, 0.15) is 0 Å². The zero-order valence-corrected chi connectivity index (χ0v) is 8.83. The first-order valence-electron chi connectivity index (χ1n) is 5.59. The molecule has 3 atom stereocenters. The van der Waals surface area contributed by atoms with Gasteiger partial charge in [0, 0.05) is 12.6 Å². The average Bonchev–Trinajstić information content (AvgIpc) is 2.89. The topological polar surface area (TPSA) is 15.8 Å². The number of rotatable bonds is 3. The van der Waals surface area contributed by atoms with Crippen LogP contribution < -0.4 is 0 Å². The Hall–Kier alpha value is -0.0800. The van der Waals surface area contributed by atoms with E-state index in [2.05, 4.69) is 18.9 Å². The van der Waals surface area contributed by atoms with Gasteiger partial charge in [0.05, 0.1) is 12.7 Å². The first kappa shape index (κ1) is 9.47. The Kier molecular flexibility index (Phi) is 2.89. The van der Waals surface area contributed by atoms with Gasteiger partial charge in [-0.1, -0.05) is 19.8 Å². The van der Waals surface area contributed by atoms with Crippen LogP contribution in [0.5, 0.6) is 0 Å². The predicted octanol–water partition coefficient (Wildman–Crippen LogP) is 1.90. The second-order valence-electron chi connectivity index (χ2n) is 4.72. The van der Waals surface area contributed by atoms with E-state index in [9.17, 15) is 0 Å². The van der Waals surface area contributed by atoms with Crippen molar-refractivity contribution in [3.05, 3.63) is 0 Å². The third-order valence-corrected chi connectivity index (χ3v) is 3.53. The summed E-state index contributed by atoms with van der Waals surface area (Å²) in [4.78, 5) is 2.52. The molecule has 1 saturated heterocycles. The van der Waals surface area contributed by atoms with E-state index in [4.69, 9.17) is 4.74 Å². The molecule has 0 aromatic heterocycles. The Morgan fingerprint density at radius 3 is 2.62 bits per heavy atom. The Labute approximate surface area is 81.3 Å². The van der Waals surface area contributed by atoms with Crippen molar-refractivity contribution in [1.82, 2.24) is 4.90 Å². The SMILES string of the molecule is CC1CCCCC1N(C)CC1CO1. The summed E-state index contributed by atoms with van der Waals surface area (Å²) in [6.07, 6.45) is 6.22. The molecule has 0 spiro atoms. The Morgan fingerprint density at radius 2 is 2.00 bits per heavy atom. The molecule has 1 aliphatic heterocycles. The highest BCUT2D eigenvalue weighted by atomic mass is 16.6. The molecule has 2 nitrogen and oxygen atoms in total. The highest BCUT2D eigenvalue weighted by molar-refractivity contribution is 4.82. The molecule has 2 aliphatic rings. The average molecular weight is 183 g/mol. The van der Waals surface area contributed by atoms with Crippen LogP contribution in [0.3, 0.4) is 0 Å². The molecule has 76 valence electrons. The quantitative estimate of drug-likeness (QED) is 0.621. The van der Waals surface area contributed by atoms with Crippen molar-refractivity contribution in [2.24, 2.45) is 5.92 Å². The van der Waals surface area contributed by atoms with Gasteiger partial charge in [-0.2, -0.15) is 0 Å². The maximum atomic E-state index is 5.26. The van der Waals surface area contributed by atoms with Crippen LogP contribution in [0.25, 0.3) is 0 Å². The monoisotopic (exact) mass is 183 g/mol. The van der Waals surface area contributed by atoms with Crippen molar-refractivity contribution >= 4 is 0 Å². The van der Waals surface area contributed by atoms with Crippen molar-refractivity contribution < 1.29 is 4.74 Å². The summed E-state index contributed by atoms with van der Waals surface area (Å²) in [5, 5.41) is 0. The third kappa shape index (κ3) is 2.44. The minimum absolute atomic E-state index is 0.555. The summed E-state index contributed by atoms with van der Waals surface area (Å²) in [6, 6.07) is 0.818. The Morgan fingerprint density at radius 1 is 1.31 bits per heavy atom. The lowest BCUT2D eigenvalue weighted by molar-refractivity contribution is 0.130. The highest BCUT2D eigenvalue weighted by Crippen LogP contribution is 2.28. The molecular weight excluding hydrogens is 162 g/mol. The second kappa shape index (κ2) is 3.97. The minimum atomic E-state index is 0.555. The number of hydrogen-bond donors (Lipinski definition) is 0. The van der Waals surface area contributed by atoms with E-state index < -0.39 is 0 Å². The fraction of sp³-hybridized carbons (Fsp3) is 1.00. The first-order valence-corrected chi connectivity index (χ1v) is 5.59. The molecule has 1 heterocycles. The zero-order chi connectivity index (χ0) is 9.26. The summed E-state index contributed by atoms with van der Waals surface area (Å²) in [5.74, 6) is 0.887. The Balaban J connectivity index is 1.81. The molecule has 1 saturated carbocycles. The van der Waals surface area contributed by atoms with E-state index in [1.165, 1.54) is 25.7 Å². The number of epoxide rings is 1. The molecule has 13 heavy (non-hydrogen) atoms. The molecule has 1 aliphatic carbocycles. The van der Waals surface area contributed by atoms with Crippen LogP contribution in [-0.4, -0.2) is 37.2 Å². The molecule has 0 radical (unpaired) electrons. The molecule has 2 fully saturated rings. The molecule has 0 N–H and O–H groups in total. The second-order valence-corrected chi connectivity index (χ2v) is 4.72. The maximum absolute atomic E-state index is 5.26. The van der Waals surface area contributed by atoms with E-state index in [1.54, 1.807) is 0 Å². The molecular formula is C11H21NO. The smallest absolute Gasteiger partial charge is 0.0936 e. The number of hydrogen-bond acceptors (Lipinski definition) is 2.